The van der Waals surface area contributed by atoms with Gasteiger partial charge in [0.2, 0.25) is 0 Å². The summed E-state index contributed by atoms with van der Waals surface area (Å²) in [6, 6.07) is 10.00. The van der Waals surface area contributed by atoms with Crippen molar-refractivity contribution in [3.8, 4) is 11.5 Å². The van der Waals surface area contributed by atoms with Crippen molar-refractivity contribution < 1.29 is 19.1 Å². The Morgan fingerprint density at radius 2 is 1.35 bits per heavy atom. The number of nitrogens with one attached hydrogen (secondary N) is 2. The molecule has 0 bridgehead atoms. The lowest BCUT2D eigenvalue weighted by molar-refractivity contribution is -0.123. The van der Waals surface area contributed by atoms with Gasteiger partial charge in [-0.05, 0) is 73.9 Å². The molecule has 2 amide bonds. The Labute approximate surface area is 260 Å². The van der Waals surface area contributed by atoms with Gasteiger partial charge < -0.3 is 19.3 Å². The molecule has 2 saturated carbocycles. The van der Waals surface area contributed by atoms with Gasteiger partial charge >= 0.3 is 0 Å². The number of rotatable bonds is 4. The van der Waals surface area contributed by atoms with Crippen LogP contribution >= 0.6 is 15.9 Å². The minimum atomic E-state index is -0.270. The summed E-state index contributed by atoms with van der Waals surface area (Å²) in [5.74, 6) is 4.64. The van der Waals surface area contributed by atoms with Gasteiger partial charge in [-0.1, -0.05) is 60.5 Å². The number of fused-ring (bicyclic) bond motifs is 6. The maximum absolute atomic E-state index is 11.9. The van der Waals surface area contributed by atoms with Crippen molar-refractivity contribution >= 4 is 50.8 Å². The fraction of sp³-hybridized carbons (Fsp3) is 0.500. The fourth-order valence-electron chi connectivity index (χ4n) is 6.48. The number of anilines is 2. The average molecular weight is 650 g/mol. The molecule has 0 saturated heterocycles. The molecule has 2 unspecified atom stereocenters. The first-order chi connectivity index (χ1) is 20.9. The zero-order valence-electron chi connectivity index (χ0n) is 24.6. The van der Waals surface area contributed by atoms with E-state index in [1.807, 2.05) is 35.8 Å². The van der Waals surface area contributed by atoms with E-state index in [0.29, 0.717) is 13.2 Å². The maximum atomic E-state index is 11.9. The number of hydrogen-bond donors (Lipinski definition) is 2. The van der Waals surface area contributed by atoms with Crippen molar-refractivity contribution in [1.82, 2.24) is 10.9 Å². The van der Waals surface area contributed by atoms with Crippen LogP contribution in [0.15, 0.2) is 45.0 Å². The zero-order valence-corrected chi connectivity index (χ0v) is 26.2. The monoisotopic (exact) mass is 648 g/mol. The number of benzene rings is 2. The molecule has 4 heterocycles. The topological polar surface area (TPSA) is 108 Å². The van der Waals surface area contributed by atoms with Gasteiger partial charge in [0.25, 0.3) is 11.8 Å². The molecule has 4 aliphatic heterocycles. The van der Waals surface area contributed by atoms with E-state index in [-0.39, 0.29) is 23.9 Å². The molecule has 6 aliphatic rings. The molecule has 2 fully saturated rings. The Kier molecular flexibility index (Phi) is 7.53. The highest BCUT2D eigenvalue weighted by Crippen LogP contribution is 2.41. The van der Waals surface area contributed by atoms with Crippen LogP contribution in [0.1, 0.15) is 63.5 Å². The predicted molar refractivity (Wildman–Crippen MR) is 169 cm³/mol. The van der Waals surface area contributed by atoms with E-state index in [1.54, 1.807) is 0 Å². The largest absolute Gasteiger partial charge is 0.483 e. The molecule has 0 radical (unpaired) electrons. The van der Waals surface area contributed by atoms with Crippen LogP contribution < -0.4 is 30.1 Å². The molecule has 2 atom stereocenters. The first-order valence-corrected chi connectivity index (χ1v) is 16.2. The van der Waals surface area contributed by atoms with Crippen LogP contribution in [0.4, 0.5) is 11.4 Å². The van der Waals surface area contributed by atoms with E-state index in [4.69, 9.17) is 9.47 Å². The maximum Gasteiger partial charge on any atom is 0.262 e. The van der Waals surface area contributed by atoms with E-state index in [0.717, 1.165) is 63.7 Å². The summed E-state index contributed by atoms with van der Waals surface area (Å²) in [6.45, 7) is 4.58. The van der Waals surface area contributed by atoms with E-state index in [1.165, 1.54) is 49.7 Å². The van der Waals surface area contributed by atoms with Crippen LogP contribution in [0, 0.1) is 11.8 Å². The molecule has 8 rings (SSSR count). The Balaban J connectivity index is 0.000000140. The minimum absolute atomic E-state index is 0.0732. The first-order valence-electron chi connectivity index (χ1n) is 15.4. The highest BCUT2D eigenvalue weighted by molar-refractivity contribution is 9.10. The molecule has 11 heteroatoms. The van der Waals surface area contributed by atoms with Gasteiger partial charge in [0.15, 0.2) is 11.7 Å². The second-order valence-electron chi connectivity index (χ2n) is 12.4. The Bertz CT molecular complexity index is 1520. The van der Waals surface area contributed by atoms with Gasteiger partial charge in [0.05, 0.1) is 11.4 Å². The van der Waals surface area contributed by atoms with Crippen molar-refractivity contribution in [3.05, 3.63) is 45.9 Å². The standard InChI is InChI=1S/C16H18BrN3O2.C16H19N3O2/c1-9-16(21)19-18-15-8-22-14-7-12(17)11(5-10-3-2-4-10)6-13(14)20(9)15;1-10-16(20)18-17-15-9-21-14-6-5-12(7-11-3-2-4-11)8-13(14)19(10)15/h6-7,9-10H,2-5,8H2,1H3,(H,19,21);5-6,8,10-11H,2-4,7,9H2,1H3,(H,18,20). The summed E-state index contributed by atoms with van der Waals surface area (Å²) in [6.07, 6.45) is 10.2. The van der Waals surface area contributed by atoms with Crippen molar-refractivity contribution in [2.45, 2.75) is 77.3 Å². The third kappa shape index (κ3) is 5.36. The van der Waals surface area contributed by atoms with Crippen molar-refractivity contribution in [1.29, 1.82) is 0 Å². The Morgan fingerprint density at radius 1 is 0.791 bits per heavy atom. The van der Waals surface area contributed by atoms with Crippen LogP contribution in [0.2, 0.25) is 0 Å². The van der Waals surface area contributed by atoms with Gasteiger partial charge in [0, 0.05) is 4.47 Å². The highest BCUT2D eigenvalue weighted by Gasteiger charge is 2.37. The molecule has 226 valence electrons. The Hall–Kier alpha value is -3.60. The van der Waals surface area contributed by atoms with Crippen molar-refractivity contribution in [2.75, 3.05) is 23.0 Å². The molecule has 43 heavy (non-hydrogen) atoms. The number of nitrogens with zero attached hydrogens (tertiary/aromatic N) is 4. The third-order valence-electron chi connectivity index (χ3n) is 9.55. The summed E-state index contributed by atoms with van der Waals surface area (Å²) in [5, 5.41) is 8.25. The van der Waals surface area contributed by atoms with Gasteiger partial charge in [-0.25, -0.2) is 10.9 Å². The van der Waals surface area contributed by atoms with Crippen LogP contribution in [-0.4, -0.2) is 48.8 Å². The summed E-state index contributed by atoms with van der Waals surface area (Å²) in [7, 11) is 0. The first kappa shape index (κ1) is 28.2. The molecule has 2 aliphatic carbocycles. The van der Waals surface area contributed by atoms with E-state index in [9.17, 15) is 9.59 Å². The molecule has 0 aromatic heterocycles. The van der Waals surface area contributed by atoms with Crippen LogP contribution in [-0.2, 0) is 22.4 Å². The summed E-state index contributed by atoms with van der Waals surface area (Å²) in [5.41, 5.74) is 9.64. The second kappa shape index (κ2) is 11.5. The number of amides is 2. The number of halogens is 1. The van der Waals surface area contributed by atoms with Crippen LogP contribution in [0.25, 0.3) is 0 Å². The number of hydrogen-bond acceptors (Lipinski definition) is 8. The van der Waals surface area contributed by atoms with Crippen molar-refractivity contribution in [2.24, 2.45) is 22.0 Å². The summed E-state index contributed by atoms with van der Waals surface area (Å²) in [4.78, 5) is 27.8. The van der Waals surface area contributed by atoms with E-state index in [2.05, 4.69) is 55.2 Å². The molecular formula is C32H37BrN6O4. The number of carbonyl (C=O) groups is 2. The van der Waals surface area contributed by atoms with Gasteiger partial charge in [-0.3, -0.25) is 9.59 Å². The fourth-order valence-corrected chi connectivity index (χ4v) is 6.97. The summed E-state index contributed by atoms with van der Waals surface area (Å²) < 4.78 is 12.6. The molecular weight excluding hydrogens is 612 g/mol. The zero-order chi connectivity index (χ0) is 29.7. The highest BCUT2D eigenvalue weighted by atomic mass is 79.9. The van der Waals surface area contributed by atoms with E-state index >= 15 is 0 Å². The van der Waals surface area contributed by atoms with E-state index < -0.39 is 0 Å². The number of ether oxygens (including phenoxy) is 2. The third-order valence-corrected chi connectivity index (χ3v) is 10.3. The molecule has 2 aromatic carbocycles. The van der Waals surface area contributed by atoms with Crippen LogP contribution in [0.5, 0.6) is 11.5 Å². The molecule has 0 spiro atoms. The lowest BCUT2D eigenvalue weighted by Crippen LogP contribution is -2.55. The normalized spacial score (nSPS) is 24.0. The van der Waals surface area contributed by atoms with Gasteiger partial charge in [-0.15, -0.1) is 0 Å². The summed E-state index contributed by atoms with van der Waals surface area (Å²) >= 11 is 3.66. The number of hydrazone groups is 2. The number of carbonyl (C=O) groups excluding carboxylic acids is 2. The van der Waals surface area contributed by atoms with Gasteiger partial charge in [0.1, 0.15) is 36.8 Å². The van der Waals surface area contributed by atoms with Gasteiger partial charge in [-0.2, -0.15) is 10.2 Å². The molecule has 2 aromatic rings. The smallest absolute Gasteiger partial charge is 0.262 e. The predicted octanol–water partition coefficient (Wildman–Crippen LogP) is 4.88. The minimum Gasteiger partial charge on any atom is -0.483 e. The average Bonchev–Trinajstić information content (AvgIpc) is 2.96. The lowest BCUT2D eigenvalue weighted by Gasteiger charge is -2.38. The second-order valence-corrected chi connectivity index (χ2v) is 13.2. The van der Waals surface area contributed by atoms with Crippen LogP contribution in [0.3, 0.4) is 0 Å². The van der Waals surface area contributed by atoms with Crippen molar-refractivity contribution in [3.63, 3.8) is 0 Å². The quantitative estimate of drug-likeness (QED) is 0.489. The lowest BCUT2D eigenvalue weighted by atomic mass is 9.81. The molecule has 10 nitrogen and oxygen atoms in total. The number of amidine groups is 2. The Morgan fingerprint density at radius 3 is 1.93 bits per heavy atom. The SMILES string of the molecule is CC1C(=O)NN=C2COc3cc(Br)c(CC4CCC4)cc3N21.CC1C(=O)NN=C2COc3ccc(CC4CCC4)cc3N21. The molecule has 2 N–H and O–H groups in total.